The molecule has 1 aromatic rings. The molecule has 0 aliphatic heterocycles. The van der Waals surface area contributed by atoms with Crippen molar-refractivity contribution >= 4 is 83.9 Å². The van der Waals surface area contributed by atoms with Gasteiger partial charge in [-0.3, -0.25) is 4.79 Å². The molecule has 29 heavy (non-hydrogen) atoms. The summed E-state index contributed by atoms with van der Waals surface area (Å²) < 4.78 is 47.4. The summed E-state index contributed by atoms with van der Waals surface area (Å²) in [5, 5.41) is 0. The van der Waals surface area contributed by atoms with Crippen molar-refractivity contribution in [3.05, 3.63) is 16.8 Å². The summed E-state index contributed by atoms with van der Waals surface area (Å²) in [7, 11) is -4.61. The standard InChI is InChI=1S/C19H21I3O6S/c20-13-6-14(21)17(29(24,25)26)15(22)16(13)27-1-2-28-18(23)19-7-10-3-11(8-19)5-12(4-10)9-19/h6,10-12H,1-5,7-9H2,(H,24,25,26)/p-1. The van der Waals surface area contributed by atoms with E-state index in [0.717, 1.165) is 19.3 Å². The molecule has 4 aliphatic rings. The number of rotatable bonds is 6. The van der Waals surface area contributed by atoms with Crippen LogP contribution in [0.3, 0.4) is 0 Å². The fraction of sp³-hybridized carbons (Fsp3) is 0.632. The van der Waals surface area contributed by atoms with Crippen LogP contribution in [0.4, 0.5) is 0 Å². The van der Waals surface area contributed by atoms with Crippen molar-refractivity contribution in [2.45, 2.75) is 43.4 Å². The van der Waals surface area contributed by atoms with Gasteiger partial charge < -0.3 is 14.0 Å². The number of halogens is 3. The van der Waals surface area contributed by atoms with Gasteiger partial charge in [0.15, 0.2) is 0 Å². The van der Waals surface area contributed by atoms with E-state index < -0.39 is 10.1 Å². The second-order valence-electron chi connectivity index (χ2n) is 8.45. The highest BCUT2D eigenvalue weighted by Crippen LogP contribution is 2.60. The predicted octanol–water partition coefficient (Wildman–Crippen LogP) is 4.54. The average molecular weight is 757 g/mol. The first-order valence-electron chi connectivity index (χ1n) is 9.52. The lowest BCUT2D eigenvalue weighted by molar-refractivity contribution is -0.172. The highest BCUT2D eigenvalue weighted by molar-refractivity contribution is 14.1. The van der Waals surface area contributed by atoms with Gasteiger partial charge in [0, 0.05) is 3.57 Å². The van der Waals surface area contributed by atoms with E-state index in [1.54, 1.807) is 6.07 Å². The van der Waals surface area contributed by atoms with Crippen LogP contribution < -0.4 is 4.74 Å². The number of carbonyl (C=O) groups excluding carboxylic acids is 1. The van der Waals surface area contributed by atoms with Gasteiger partial charge in [-0.1, -0.05) is 0 Å². The molecule has 4 saturated carbocycles. The first-order chi connectivity index (χ1) is 13.6. The Morgan fingerprint density at radius 3 is 2.10 bits per heavy atom. The maximum absolute atomic E-state index is 12.9. The zero-order valence-electron chi connectivity index (χ0n) is 15.5. The second kappa shape index (κ2) is 8.50. The monoisotopic (exact) mass is 757 g/mol. The van der Waals surface area contributed by atoms with E-state index in [1.165, 1.54) is 19.3 Å². The molecule has 10 heteroatoms. The summed E-state index contributed by atoms with van der Waals surface area (Å²) in [6, 6.07) is 1.60. The number of hydrogen-bond donors (Lipinski definition) is 0. The van der Waals surface area contributed by atoms with Gasteiger partial charge in [-0.05, 0) is 130 Å². The van der Waals surface area contributed by atoms with Crippen LogP contribution in [0.2, 0.25) is 0 Å². The third kappa shape index (κ3) is 4.56. The Morgan fingerprint density at radius 2 is 1.59 bits per heavy atom. The Kier molecular flexibility index (Phi) is 6.68. The Hall–Kier alpha value is 0.590. The van der Waals surface area contributed by atoms with Gasteiger partial charge in [0.1, 0.15) is 29.1 Å². The molecule has 0 spiro atoms. The fourth-order valence-corrected chi connectivity index (χ4v) is 11.6. The van der Waals surface area contributed by atoms with Gasteiger partial charge in [0.25, 0.3) is 0 Å². The normalized spacial score (nSPS) is 30.4. The zero-order chi connectivity index (χ0) is 21.0. The van der Waals surface area contributed by atoms with E-state index in [1.807, 2.05) is 67.8 Å². The summed E-state index contributed by atoms with van der Waals surface area (Å²) >= 11 is 5.70. The first kappa shape index (κ1) is 22.8. The van der Waals surface area contributed by atoms with Crippen molar-refractivity contribution in [2.75, 3.05) is 13.2 Å². The summed E-state index contributed by atoms with van der Waals surface area (Å²) in [5.41, 5.74) is -0.301. The molecule has 0 unspecified atom stereocenters. The Balaban J connectivity index is 1.38. The van der Waals surface area contributed by atoms with E-state index >= 15 is 0 Å². The van der Waals surface area contributed by atoms with Gasteiger partial charge in [-0.15, -0.1) is 0 Å². The molecule has 0 saturated heterocycles. The zero-order valence-corrected chi connectivity index (χ0v) is 22.7. The molecule has 4 bridgehead atoms. The quantitative estimate of drug-likeness (QED) is 0.183. The van der Waals surface area contributed by atoms with Crippen LogP contribution in [0, 0.1) is 33.9 Å². The lowest BCUT2D eigenvalue weighted by Gasteiger charge is -2.55. The summed E-state index contributed by atoms with van der Waals surface area (Å²) in [6.07, 6.45) is 6.67. The number of esters is 1. The lowest BCUT2D eigenvalue weighted by Crippen LogP contribution is -2.50. The van der Waals surface area contributed by atoms with E-state index in [4.69, 9.17) is 9.47 Å². The average Bonchev–Trinajstić information content (AvgIpc) is 2.57. The van der Waals surface area contributed by atoms with Crippen molar-refractivity contribution in [1.82, 2.24) is 0 Å². The van der Waals surface area contributed by atoms with Crippen molar-refractivity contribution in [1.29, 1.82) is 0 Å². The van der Waals surface area contributed by atoms with Gasteiger partial charge in [-0.2, -0.15) is 0 Å². The van der Waals surface area contributed by atoms with E-state index in [2.05, 4.69) is 0 Å². The third-order valence-electron chi connectivity index (χ3n) is 6.37. The van der Waals surface area contributed by atoms with Crippen molar-refractivity contribution in [3.63, 3.8) is 0 Å². The molecule has 5 rings (SSSR count). The molecule has 0 radical (unpaired) electrons. The smallest absolute Gasteiger partial charge is 0.312 e. The molecule has 4 aliphatic carbocycles. The van der Waals surface area contributed by atoms with E-state index in [0.29, 0.717) is 30.6 Å². The molecule has 0 amide bonds. The van der Waals surface area contributed by atoms with E-state index in [9.17, 15) is 17.8 Å². The number of benzene rings is 1. The fourth-order valence-electron chi connectivity index (χ4n) is 5.71. The number of ether oxygens (including phenoxy) is 2. The van der Waals surface area contributed by atoms with Crippen LogP contribution in [0.5, 0.6) is 5.75 Å². The minimum atomic E-state index is -4.61. The minimum absolute atomic E-state index is 0.102. The molecule has 1 aromatic carbocycles. The first-order valence-corrected chi connectivity index (χ1v) is 14.2. The summed E-state index contributed by atoms with van der Waals surface area (Å²) in [5.74, 6) is 2.26. The molecule has 160 valence electrons. The van der Waals surface area contributed by atoms with Gasteiger partial charge >= 0.3 is 5.97 Å². The molecular weight excluding hydrogens is 737 g/mol. The highest BCUT2D eigenvalue weighted by Gasteiger charge is 2.55. The van der Waals surface area contributed by atoms with E-state index in [-0.39, 0.29) is 33.1 Å². The topological polar surface area (TPSA) is 92.7 Å². The number of carbonyl (C=O) groups is 1. The second-order valence-corrected chi connectivity index (χ2v) is 13.2. The Morgan fingerprint density at radius 1 is 1.03 bits per heavy atom. The number of hydrogen-bond acceptors (Lipinski definition) is 6. The predicted molar refractivity (Wildman–Crippen MR) is 130 cm³/mol. The van der Waals surface area contributed by atoms with Crippen LogP contribution in [0.15, 0.2) is 11.0 Å². The molecule has 4 fully saturated rings. The van der Waals surface area contributed by atoms with Crippen molar-refractivity contribution in [3.8, 4) is 5.75 Å². The highest BCUT2D eigenvalue weighted by atomic mass is 127. The summed E-state index contributed by atoms with van der Waals surface area (Å²) in [4.78, 5) is 12.6. The molecule has 0 heterocycles. The molecular formula is C19H20I3O6S-. The third-order valence-corrected chi connectivity index (χ3v) is 10.7. The molecule has 0 N–H and O–H groups in total. The van der Waals surface area contributed by atoms with Crippen molar-refractivity contribution < 1.29 is 27.2 Å². The van der Waals surface area contributed by atoms with Gasteiger partial charge in [0.05, 0.1) is 17.5 Å². The van der Waals surface area contributed by atoms with Gasteiger partial charge in [-0.25, -0.2) is 8.42 Å². The Labute approximate surface area is 211 Å². The Bertz CT molecular complexity index is 910. The van der Waals surface area contributed by atoms with Crippen molar-refractivity contribution in [2.24, 2.45) is 23.2 Å². The maximum Gasteiger partial charge on any atom is 0.312 e. The van der Waals surface area contributed by atoms with Crippen LogP contribution in [0.1, 0.15) is 38.5 Å². The molecule has 0 atom stereocenters. The lowest BCUT2D eigenvalue weighted by atomic mass is 9.49. The molecule has 6 nitrogen and oxygen atoms in total. The maximum atomic E-state index is 12.9. The summed E-state index contributed by atoms with van der Waals surface area (Å²) in [6.45, 7) is 0.223. The van der Waals surface area contributed by atoms with Crippen LogP contribution in [-0.4, -0.2) is 32.2 Å². The largest absolute Gasteiger partial charge is 0.744 e. The van der Waals surface area contributed by atoms with Crippen LogP contribution >= 0.6 is 67.8 Å². The van der Waals surface area contributed by atoms with Crippen LogP contribution in [0.25, 0.3) is 0 Å². The SMILES string of the molecule is O=C(OCCOc1c(I)cc(I)c(S(=O)(=O)[O-])c1I)C12CC3CC(CC(C3)C1)C2. The van der Waals surface area contributed by atoms with Gasteiger partial charge in [0.2, 0.25) is 0 Å². The minimum Gasteiger partial charge on any atom is -0.744 e. The van der Waals surface area contributed by atoms with Crippen LogP contribution in [-0.2, 0) is 19.6 Å². The molecule has 0 aromatic heterocycles.